The van der Waals surface area contributed by atoms with E-state index in [4.69, 9.17) is 4.74 Å². The van der Waals surface area contributed by atoms with Crippen molar-refractivity contribution in [2.75, 3.05) is 0 Å². The van der Waals surface area contributed by atoms with Crippen LogP contribution in [0.15, 0.2) is 24.3 Å². The maximum Gasteiger partial charge on any atom is 0.312 e. The number of rotatable bonds is 4. The molecule has 1 heterocycles. The highest BCUT2D eigenvalue weighted by Crippen LogP contribution is 2.30. The Bertz CT molecular complexity index is 555. The maximum atomic E-state index is 11.5. The fraction of sp³-hybridized carbons (Fsp3) is 0.400. The Morgan fingerprint density at radius 3 is 2.72 bits per heavy atom. The Morgan fingerprint density at radius 2 is 2.06 bits per heavy atom. The van der Waals surface area contributed by atoms with Crippen molar-refractivity contribution in [2.24, 2.45) is 5.92 Å². The normalized spacial score (nSPS) is 11.1. The zero-order valence-corrected chi connectivity index (χ0v) is 11.1. The predicted molar refractivity (Wildman–Crippen MR) is 72.8 cm³/mol. The highest BCUT2D eigenvalue weighted by atomic mass is 16.5. The second-order valence-corrected chi connectivity index (χ2v) is 4.90. The summed E-state index contributed by atoms with van der Waals surface area (Å²) >= 11 is 0. The summed E-state index contributed by atoms with van der Waals surface area (Å²) in [5.74, 6) is 0.923. The van der Waals surface area contributed by atoms with E-state index in [1.54, 1.807) is 6.92 Å². The molecule has 0 spiro atoms. The Morgan fingerprint density at radius 1 is 1.33 bits per heavy atom. The van der Waals surface area contributed by atoms with Gasteiger partial charge in [0.25, 0.3) is 0 Å². The molecule has 1 N–H and O–H groups in total. The average Bonchev–Trinajstić information content (AvgIpc) is 2.67. The van der Waals surface area contributed by atoms with Crippen LogP contribution >= 0.6 is 0 Å². The van der Waals surface area contributed by atoms with E-state index in [0.717, 1.165) is 22.9 Å². The van der Waals surface area contributed by atoms with Gasteiger partial charge >= 0.3 is 5.97 Å². The Balaban J connectivity index is 2.46. The maximum absolute atomic E-state index is 11.5. The number of carbonyl (C=O) groups excluding carboxylic acids is 1. The third kappa shape index (κ3) is 2.55. The van der Waals surface area contributed by atoms with Crippen molar-refractivity contribution in [3.63, 3.8) is 0 Å². The third-order valence-corrected chi connectivity index (χ3v) is 2.89. The largest absolute Gasteiger partial charge is 0.409 e. The molecule has 0 aliphatic carbocycles. The zero-order chi connectivity index (χ0) is 13.1. The van der Waals surface area contributed by atoms with Gasteiger partial charge in [0.2, 0.25) is 5.88 Å². The molecule has 3 nitrogen and oxygen atoms in total. The molecule has 0 amide bonds. The summed E-state index contributed by atoms with van der Waals surface area (Å²) in [5.41, 5.74) is 2.12. The first-order valence-electron chi connectivity index (χ1n) is 6.42. The lowest BCUT2D eigenvalue weighted by Crippen LogP contribution is -2.08. The van der Waals surface area contributed by atoms with Crippen molar-refractivity contribution >= 4 is 16.9 Å². The summed E-state index contributed by atoms with van der Waals surface area (Å²) < 4.78 is 5.39. The molecule has 2 rings (SSSR count). The van der Waals surface area contributed by atoms with Crippen LogP contribution in [-0.4, -0.2) is 11.0 Å². The van der Waals surface area contributed by atoms with E-state index in [9.17, 15) is 4.79 Å². The molecule has 1 aromatic carbocycles. The molecule has 0 saturated heterocycles. The number of carbonyl (C=O) groups is 1. The van der Waals surface area contributed by atoms with Crippen LogP contribution in [0.2, 0.25) is 0 Å². The van der Waals surface area contributed by atoms with Gasteiger partial charge in [-0.2, -0.15) is 0 Å². The van der Waals surface area contributed by atoms with Crippen molar-refractivity contribution in [3.8, 4) is 5.88 Å². The fourth-order valence-electron chi connectivity index (χ4n) is 2.06. The first-order valence-corrected chi connectivity index (χ1v) is 6.42. The van der Waals surface area contributed by atoms with Crippen LogP contribution in [0, 0.1) is 5.92 Å². The van der Waals surface area contributed by atoms with Crippen LogP contribution in [0.3, 0.4) is 0 Å². The topological polar surface area (TPSA) is 42.1 Å². The van der Waals surface area contributed by atoms with Gasteiger partial charge in [-0.15, -0.1) is 0 Å². The minimum atomic E-state index is -0.202. The monoisotopic (exact) mass is 245 g/mol. The summed E-state index contributed by atoms with van der Waals surface area (Å²) in [7, 11) is 0. The van der Waals surface area contributed by atoms with Gasteiger partial charge in [0.15, 0.2) is 0 Å². The van der Waals surface area contributed by atoms with Gasteiger partial charge in [-0.1, -0.05) is 39.0 Å². The Hall–Kier alpha value is -1.77. The summed E-state index contributed by atoms with van der Waals surface area (Å²) in [5, 5.41) is 1.14. The van der Waals surface area contributed by atoms with Gasteiger partial charge in [0.05, 0.1) is 0 Å². The number of esters is 1. The minimum Gasteiger partial charge on any atom is -0.409 e. The van der Waals surface area contributed by atoms with E-state index in [0.29, 0.717) is 18.2 Å². The first kappa shape index (κ1) is 12.7. The number of ether oxygens (including phenoxy) is 1. The van der Waals surface area contributed by atoms with Crippen LogP contribution in [-0.2, 0) is 11.2 Å². The summed E-state index contributed by atoms with van der Waals surface area (Å²) in [6.07, 6.45) is 1.28. The van der Waals surface area contributed by atoms with Crippen LogP contribution in [0.4, 0.5) is 0 Å². The van der Waals surface area contributed by atoms with E-state index in [1.165, 1.54) is 0 Å². The smallest absolute Gasteiger partial charge is 0.312 e. The highest BCUT2D eigenvalue weighted by molar-refractivity contribution is 5.87. The van der Waals surface area contributed by atoms with E-state index in [2.05, 4.69) is 24.9 Å². The lowest BCUT2D eigenvalue weighted by atomic mass is 10.0. The zero-order valence-electron chi connectivity index (χ0n) is 11.1. The average molecular weight is 245 g/mol. The molecule has 1 aromatic heterocycles. The molecule has 0 aliphatic rings. The number of H-pyrrole nitrogens is 1. The van der Waals surface area contributed by atoms with Gasteiger partial charge in [-0.25, -0.2) is 0 Å². The molecule has 0 saturated carbocycles. The third-order valence-electron chi connectivity index (χ3n) is 2.89. The minimum absolute atomic E-state index is 0.202. The van der Waals surface area contributed by atoms with E-state index < -0.39 is 0 Å². The van der Waals surface area contributed by atoms with E-state index >= 15 is 0 Å². The van der Waals surface area contributed by atoms with Crippen molar-refractivity contribution in [3.05, 3.63) is 29.8 Å². The van der Waals surface area contributed by atoms with Gasteiger partial charge < -0.3 is 9.72 Å². The van der Waals surface area contributed by atoms with Crippen molar-refractivity contribution in [1.82, 2.24) is 4.98 Å². The number of nitrogens with one attached hydrogen (secondary N) is 1. The van der Waals surface area contributed by atoms with Gasteiger partial charge in [0, 0.05) is 22.9 Å². The van der Waals surface area contributed by atoms with Gasteiger partial charge in [0.1, 0.15) is 0 Å². The summed E-state index contributed by atoms with van der Waals surface area (Å²) in [4.78, 5) is 14.6. The van der Waals surface area contributed by atoms with Gasteiger partial charge in [-0.05, 0) is 18.4 Å². The molecule has 0 fully saturated rings. The molecule has 2 aromatic rings. The standard InChI is InChI=1S/C15H19NO2/c1-4-14(17)18-15-12(9-10(2)3)11-7-5-6-8-13(11)16-15/h5-8,10,16H,4,9H2,1-3H3. The number of aromatic nitrogens is 1. The summed E-state index contributed by atoms with van der Waals surface area (Å²) in [6, 6.07) is 8.05. The lowest BCUT2D eigenvalue weighted by Gasteiger charge is -2.07. The van der Waals surface area contributed by atoms with Crippen LogP contribution in [0.1, 0.15) is 32.8 Å². The van der Waals surface area contributed by atoms with Gasteiger partial charge in [-0.3, -0.25) is 4.79 Å². The molecule has 96 valence electrons. The number of fused-ring (bicyclic) bond motifs is 1. The van der Waals surface area contributed by atoms with Crippen LogP contribution in [0.5, 0.6) is 5.88 Å². The number of hydrogen-bond acceptors (Lipinski definition) is 2. The fourth-order valence-corrected chi connectivity index (χ4v) is 2.06. The molecule has 0 atom stereocenters. The number of aromatic amines is 1. The first-order chi connectivity index (χ1) is 8.61. The quantitative estimate of drug-likeness (QED) is 0.835. The van der Waals surface area contributed by atoms with Crippen molar-refractivity contribution < 1.29 is 9.53 Å². The Kier molecular flexibility index (Phi) is 3.70. The number of para-hydroxylation sites is 1. The SMILES string of the molecule is CCC(=O)Oc1[nH]c2ccccc2c1CC(C)C. The predicted octanol–water partition coefficient (Wildman–Crippen LogP) is 3.68. The molecule has 0 bridgehead atoms. The molecule has 0 unspecified atom stereocenters. The van der Waals surface area contributed by atoms with Crippen molar-refractivity contribution in [2.45, 2.75) is 33.6 Å². The van der Waals surface area contributed by atoms with E-state index in [-0.39, 0.29) is 5.97 Å². The number of benzene rings is 1. The molecular weight excluding hydrogens is 226 g/mol. The molecule has 0 radical (unpaired) electrons. The van der Waals surface area contributed by atoms with E-state index in [1.807, 2.05) is 18.2 Å². The molecular formula is C15H19NO2. The lowest BCUT2D eigenvalue weighted by molar-refractivity contribution is -0.134. The second-order valence-electron chi connectivity index (χ2n) is 4.90. The number of hydrogen-bond donors (Lipinski definition) is 1. The Labute approximate surface area is 107 Å². The molecule has 18 heavy (non-hydrogen) atoms. The molecule has 0 aliphatic heterocycles. The van der Waals surface area contributed by atoms with Crippen molar-refractivity contribution in [1.29, 1.82) is 0 Å². The summed E-state index contributed by atoms with van der Waals surface area (Å²) in [6.45, 7) is 6.12. The van der Waals surface area contributed by atoms with Crippen LogP contribution in [0.25, 0.3) is 10.9 Å². The van der Waals surface area contributed by atoms with Crippen LogP contribution < -0.4 is 4.74 Å². The second kappa shape index (κ2) is 5.25. The highest BCUT2D eigenvalue weighted by Gasteiger charge is 2.15. The molecule has 3 heteroatoms.